The van der Waals surface area contributed by atoms with Crippen LogP contribution in [0, 0.1) is 0 Å². The number of hydrogen-bond acceptors (Lipinski definition) is 4. The predicted molar refractivity (Wildman–Crippen MR) is 69.2 cm³/mol. The Kier molecular flexibility index (Phi) is 6.72. The molecule has 0 atom stereocenters. The maximum absolute atomic E-state index is 12.3. The third-order valence-corrected chi connectivity index (χ3v) is 2.49. The van der Waals surface area contributed by atoms with E-state index >= 15 is 0 Å². The van der Waals surface area contributed by atoms with Gasteiger partial charge in [0.05, 0.1) is 12.8 Å². The Morgan fingerprint density at radius 3 is 2.75 bits per heavy atom. The van der Waals surface area contributed by atoms with E-state index in [1.54, 1.807) is 0 Å². The van der Waals surface area contributed by atoms with E-state index in [2.05, 4.69) is 10.1 Å². The van der Waals surface area contributed by atoms with Crippen LogP contribution in [0.15, 0.2) is 18.2 Å². The van der Waals surface area contributed by atoms with Crippen molar-refractivity contribution >= 4 is 11.6 Å². The Bertz CT molecular complexity index is 440. The van der Waals surface area contributed by atoms with Crippen LogP contribution in [0.4, 0.5) is 14.5 Å². The lowest BCUT2D eigenvalue weighted by Gasteiger charge is -2.13. The molecule has 0 saturated heterocycles. The van der Waals surface area contributed by atoms with E-state index in [4.69, 9.17) is 9.84 Å². The molecule has 1 amide bonds. The van der Waals surface area contributed by atoms with Gasteiger partial charge < -0.3 is 19.9 Å². The fourth-order valence-electron chi connectivity index (χ4n) is 1.54. The molecule has 0 radical (unpaired) electrons. The van der Waals surface area contributed by atoms with Crippen molar-refractivity contribution in [1.82, 2.24) is 0 Å². The van der Waals surface area contributed by atoms with Gasteiger partial charge in [-0.2, -0.15) is 8.78 Å². The molecule has 0 aliphatic rings. The van der Waals surface area contributed by atoms with E-state index in [0.717, 1.165) is 0 Å². The third-order valence-electron chi connectivity index (χ3n) is 2.49. The van der Waals surface area contributed by atoms with Gasteiger partial charge in [-0.15, -0.1) is 0 Å². The number of methoxy groups -OCH3 is 1. The molecule has 1 rings (SSSR count). The first kappa shape index (κ1) is 16.2. The van der Waals surface area contributed by atoms with Crippen LogP contribution in [0.5, 0.6) is 11.5 Å². The van der Waals surface area contributed by atoms with Crippen molar-refractivity contribution in [2.24, 2.45) is 0 Å². The van der Waals surface area contributed by atoms with Gasteiger partial charge in [0.15, 0.2) is 0 Å². The van der Waals surface area contributed by atoms with Crippen molar-refractivity contribution in [3.8, 4) is 11.5 Å². The highest BCUT2D eigenvalue weighted by Gasteiger charge is 2.13. The van der Waals surface area contributed by atoms with E-state index in [1.807, 2.05) is 0 Å². The van der Waals surface area contributed by atoms with Gasteiger partial charge in [0.2, 0.25) is 5.91 Å². The summed E-state index contributed by atoms with van der Waals surface area (Å²) in [5.41, 5.74) is 0.124. The maximum atomic E-state index is 12.3. The van der Waals surface area contributed by atoms with Crippen molar-refractivity contribution in [2.75, 3.05) is 19.0 Å². The highest BCUT2D eigenvalue weighted by Crippen LogP contribution is 2.30. The zero-order chi connectivity index (χ0) is 15.0. The number of benzene rings is 1. The molecule has 1 aromatic rings. The molecule has 0 aliphatic carbocycles. The molecule has 2 N–H and O–H groups in total. The lowest BCUT2D eigenvalue weighted by Crippen LogP contribution is -2.13. The minimum Gasteiger partial charge on any atom is -0.497 e. The summed E-state index contributed by atoms with van der Waals surface area (Å²) in [7, 11) is 1.43. The smallest absolute Gasteiger partial charge is 0.387 e. The topological polar surface area (TPSA) is 67.8 Å². The summed E-state index contributed by atoms with van der Waals surface area (Å²) in [6.45, 7) is -2.97. The van der Waals surface area contributed by atoms with Gasteiger partial charge in [-0.25, -0.2) is 0 Å². The van der Waals surface area contributed by atoms with E-state index < -0.39 is 6.61 Å². The minimum atomic E-state index is -2.98. The second-order valence-electron chi connectivity index (χ2n) is 3.97. The molecule has 0 bridgehead atoms. The van der Waals surface area contributed by atoms with E-state index in [1.165, 1.54) is 25.3 Å². The number of halogens is 2. The van der Waals surface area contributed by atoms with Crippen molar-refractivity contribution in [1.29, 1.82) is 0 Å². The zero-order valence-electron chi connectivity index (χ0n) is 11.1. The summed E-state index contributed by atoms with van der Waals surface area (Å²) < 4.78 is 33.8. The van der Waals surface area contributed by atoms with Crippen LogP contribution in [0.25, 0.3) is 0 Å². The second-order valence-corrected chi connectivity index (χ2v) is 3.97. The zero-order valence-corrected chi connectivity index (χ0v) is 11.1. The molecule has 112 valence electrons. The lowest BCUT2D eigenvalue weighted by atomic mass is 10.2. The predicted octanol–water partition coefficient (Wildman–Crippen LogP) is 2.40. The number of alkyl halides is 2. The highest BCUT2D eigenvalue weighted by atomic mass is 19.3. The number of carbonyl (C=O) groups is 1. The third kappa shape index (κ3) is 5.40. The summed E-state index contributed by atoms with van der Waals surface area (Å²) >= 11 is 0. The quantitative estimate of drug-likeness (QED) is 0.721. The molecule has 0 saturated carbocycles. The normalized spacial score (nSPS) is 10.4. The van der Waals surface area contributed by atoms with Crippen LogP contribution >= 0.6 is 0 Å². The second kappa shape index (κ2) is 8.31. The van der Waals surface area contributed by atoms with Gasteiger partial charge in [0, 0.05) is 19.1 Å². The number of aliphatic hydroxyl groups is 1. The standard InChI is InChI=1S/C13H17F2NO4/c1-19-9-5-6-11(20-13(14)15)10(8-9)16-12(18)4-2-3-7-17/h5-6,8,13,17H,2-4,7H2,1H3,(H,16,18). The van der Waals surface area contributed by atoms with Crippen LogP contribution in [-0.4, -0.2) is 31.3 Å². The van der Waals surface area contributed by atoms with Crippen LogP contribution < -0.4 is 14.8 Å². The Balaban J connectivity index is 2.76. The van der Waals surface area contributed by atoms with Gasteiger partial charge in [-0.3, -0.25) is 4.79 Å². The van der Waals surface area contributed by atoms with E-state index in [9.17, 15) is 13.6 Å². The Morgan fingerprint density at radius 2 is 2.15 bits per heavy atom. The average Bonchev–Trinajstić information content (AvgIpc) is 2.40. The van der Waals surface area contributed by atoms with Crippen molar-refractivity contribution in [3.05, 3.63) is 18.2 Å². The number of ether oxygens (including phenoxy) is 2. The molecule has 0 unspecified atom stereocenters. The largest absolute Gasteiger partial charge is 0.497 e. The number of amides is 1. The number of anilines is 1. The van der Waals surface area contributed by atoms with Gasteiger partial charge >= 0.3 is 6.61 Å². The molecule has 0 spiro atoms. The van der Waals surface area contributed by atoms with Crippen molar-refractivity contribution < 1.29 is 28.2 Å². The summed E-state index contributed by atoms with van der Waals surface area (Å²) in [4.78, 5) is 11.6. The summed E-state index contributed by atoms with van der Waals surface area (Å²) in [5, 5.41) is 11.1. The summed E-state index contributed by atoms with van der Waals surface area (Å²) in [5.74, 6) is -0.0561. The molecule has 7 heteroatoms. The molecule has 5 nitrogen and oxygen atoms in total. The van der Waals surface area contributed by atoms with Crippen molar-refractivity contribution in [3.63, 3.8) is 0 Å². The number of nitrogens with one attached hydrogen (secondary N) is 1. The maximum Gasteiger partial charge on any atom is 0.387 e. The Morgan fingerprint density at radius 1 is 1.40 bits per heavy atom. The molecule has 0 aliphatic heterocycles. The summed E-state index contributed by atoms with van der Waals surface area (Å²) in [6, 6.07) is 4.16. The SMILES string of the molecule is COc1ccc(OC(F)F)c(NC(=O)CCCCO)c1. The Hall–Kier alpha value is -1.89. The van der Waals surface area contributed by atoms with Gasteiger partial charge in [-0.05, 0) is 25.0 Å². The number of carbonyl (C=O) groups excluding carboxylic acids is 1. The Labute approximate surface area is 115 Å². The molecule has 1 aromatic carbocycles. The van der Waals surface area contributed by atoms with Crippen LogP contribution in [0.1, 0.15) is 19.3 Å². The number of hydrogen-bond donors (Lipinski definition) is 2. The lowest BCUT2D eigenvalue weighted by molar-refractivity contribution is -0.116. The first-order valence-corrected chi connectivity index (χ1v) is 6.10. The first-order chi connectivity index (χ1) is 9.56. The fraction of sp³-hybridized carbons (Fsp3) is 0.462. The van der Waals surface area contributed by atoms with Crippen molar-refractivity contribution in [2.45, 2.75) is 25.9 Å². The summed E-state index contributed by atoms with van der Waals surface area (Å²) in [6.07, 6.45) is 1.20. The van der Waals surface area contributed by atoms with Gasteiger partial charge in [0.1, 0.15) is 11.5 Å². The van der Waals surface area contributed by atoms with E-state index in [-0.39, 0.29) is 30.4 Å². The van der Waals surface area contributed by atoms with Crippen LogP contribution in [0.3, 0.4) is 0 Å². The molecular formula is C13H17F2NO4. The molecule has 20 heavy (non-hydrogen) atoms. The number of rotatable bonds is 8. The molecule has 0 aromatic heterocycles. The van der Waals surface area contributed by atoms with Gasteiger partial charge in [0.25, 0.3) is 0 Å². The molecular weight excluding hydrogens is 272 g/mol. The van der Waals surface area contributed by atoms with Crippen LogP contribution in [-0.2, 0) is 4.79 Å². The molecule has 0 heterocycles. The minimum absolute atomic E-state index is 0.00613. The van der Waals surface area contributed by atoms with E-state index in [0.29, 0.717) is 18.6 Å². The van der Waals surface area contributed by atoms with Crippen LogP contribution in [0.2, 0.25) is 0 Å². The number of aliphatic hydroxyl groups excluding tert-OH is 1. The number of unbranched alkanes of at least 4 members (excludes halogenated alkanes) is 1. The highest BCUT2D eigenvalue weighted by molar-refractivity contribution is 5.92. The molecule has 0 fully saturated rings. The first-order valence-electron chi connectivity index (χ1n) is 6.10. The monoisotopic (exact) mass is 289 g/mol. The average molecular weight is 289 g/mol. The fourth-order valence-corrected chi connectivity index (χ4v) is 1.54. The van der Waals surface area contributed by atoms with Gasteiger partial charge in [-0.1, -0.05) is 0 Å².